The Morgan fingerprint density at radius 2 is 2.17 bits per heavy atom. The lowest BCUT2D eigenvalue weighted by molar-refractivity contribution is 0.457. The van der Waals surface area contributed by atoms with E-state index in [1.165, 1.54) is 12.8 Å². The maximum absolute atomic E-state index is 5.87. The van der Waals surface area contributed by atoms with Crippen molar-refractivity contribution >= 4 is 5.95 Å². The Kier molecular flexibility index (Phi) is 4.17. The van der Waals surface area contributed by atoms with Crippen molar-refractivity contribution in [2.24, 2.45) is 5.73 Å². The van der Waals surface area contributed by atoms with Crippen molar-refractivity contribution in [1.29, 1.82) is 0 Å². The lowest BCUT2D eigenvalue weighted by Crippen LogP contribution is -2.45. The first-order chi connectivity index (χ1) is 8.61. The molecule has 1 aromatic rings. The molecule has 1 aromatic heterocycles. The van der Waals surface area contributed by atoms with Gasteiger partial charge in [-0.15, -0.1) is 0 Å². The smallest absolute Gasteiger partial charge is 0.226 e. The van der Waals surface area contributed by atoms with Crippen molar-refractivity contribution in [1.82, 2.24) is 9.97 Å². The fourth-order valence-electron chi connectivity index (χ4n) is 2.51. The molecule has 0 spiro atoms. The van der Waals surface area contributed by atoms with Gasteiger partial charge in [-0.3, -0.25) is 0 Å². The number of aryl methyl sites for hydroxylation is 1. The molecule has 2 rings (SSSR count). The van der Waals surface area contributed by atoms with Gasteiger partial charge in [0.15, 0.2) is 0 Å². The lowest BCUT2D eigenvalue weighted by Gasteiger charge is -2.35. The molecule has 2 heterocycles. The third-order valence-corrected chi connectivity index (χ3v) is 3.61. The maximum atomic E-state index is 5.87. The van der Waals surface area contributed by atoms with E-state index in [9.17, 15) is 0 Å². The second kappa shape index (κ2) is 5.65. The highest BCUT2D eigenvalue weighted by atomic mass is 15.3. The van der Waals surface area contributed by atoms with Crippen LogP contribution in [0, 0.1) is 6.92 Å². The highest BCUT2D eigenvalue weighted by Crippen LogP contribution is 2.23. The molecule has 1 aliphatic rings. The molecule has 100 valence electrons. The molecule has 1 unspecified atom stereocenters. The Morgan fingerprint density at radius 3 is 2.83 bits per heavy atom. The third-order valence-electron chi connectivity index (χ3n) is 3.61. The number of nitrogens with two attached hydrogens (primary N) is 1. The van der Waals surface area contributed by atoms with Crippen LogP contribution in [-0.4, -0.2) is 29.1 Å². The fourth-order valence-corrected chi connectivity index (χ4v) is 2.51. The molecule has 1 aliphatic heterocycles. The van der Waals surface area contributed by atoms with Gasteiger partial charge in [-0.25, -0.2) is 9.97 Å². The topological polar surface area (TPSA) is 55.0 Å². The predicted octanol–water partition coefficient (Wildman–Crippen LogP) is 2.23. The highest BCUT2D eigenvalue weighted by molar-refractivity contribution is 5.35. The molecular weight excluding hydrogens is 224 g/mol. The van der Waals surface area contributed by atoms with E-state index in [0.29, 0.717) is 18.5 Å². The number of rotatable bonds is 3. The minimum absolute atomic E-state index is 0.403. The van der Waals surface area contributed by atoms with Crippen LogP contribution in [0.15, 0.2) is 6.07 Å². The summed E-state index contributed by atoms with van der Waals surface area (Å²) in [5, 5.41) is 0. The van der Waals surface area contributed by atoms with Gasteiger partial charge in [-0.2, -0.15) is 0 Å². The van der Waals surface area contributed by atoms with E-state index >= 15 is 0 Å². The summed E-state index contributed by atoms with van der Waals surface area (Å²) in [6.45, 7) is 8.10. The van der Waals surface area contributed by atoms with Gasteiger partial charge >= 0.3 is 0 Å². The van der Waals surface area contributed by atoms with Crippen LogP contribution >= 0.6 is 0 Å². The molecule has 0 saturated carbocycles. The largest absolute Gasteiger partial charge is 0.337 e. The zero-order valence-corrected chi connectivity index (χ0v) is 11.7. The lowest BCUT2D eigenvalue weighted by atomic mass is 10.0. The van der Waals surface area contributed by atoms with E-state index in [1.54, 1.807) is 0 Å². The van der Waals surface area contributed by atoms with Crippen LogP contribution in [0.5, 0.6) is 0 Å². The van der Waals surface area contributed by atoms with Gasteiger partial charge in [0.2, 0.25) is 5.95 Å². The number of nitrogens with zero attached hydrogens (tertiary/aromatic N) is 3. The first-order valence-corrected chi connectivity index (χ1v) is 6.94. The Labute approximate surface area is 110 Å². The fraction of sp³-hybridized carbons (Fsp3) is 0.714. The minimum Gasteiger partial charge on any atom is -0.337 e. The van der Waals surface area contributed by atoms with Gasteiger partial charge in [0, 0.05) is 30.5 Å². The van der Waals surface area contributed by atoms with E-state index in [1.807, 2.05) is 6.92 Å². The van der Waals surface area contributed by atoms with Crippen LogP contribution < -0.4 is 10.6 Å². The van der Waals surface area contributed by atoms with E-state index in [4.69, 9.17) is 10.7 Å². The second-order valence-electron chi connectivity index (χ2n) is 5.47. The van der Waals surface area contributed by atoms with Crippen molar-refractivity contribution < 1.29 is 0 Å². The zero-order chi connectivity index (χ0) is 13.1. The summed E-state index contributed by atoms with van der Waals surface area (Å²) in [6.07, 6.45) is 3.64. The van der Waals surface area contributed by atoms with Crippen LogP contribution in [0.2, 0.25) is 0 Å². The molecule has 18 heavy (non-hydrogen) atoms. The minimum atomic E-state index is 0.403. The molecule has 4 nitrogen and oxygen atoms in total. The Bertz CT molecular complexity index is 403. The summed E-state index contributed by atoms with van der Waals surface area (Å²) in [5.41, 5.74) is 8.04. The Morgan fingerprint density at radius 1 is 1.39 bits per heavy atom. The molecule has 2 N–H and O–H groups in total. The van der Waals surface area contributed by atoms with Crippen molar-refractivity contribution in [3.8, 4) is 0 Å². The molecule has 0 aromatic carbocycles. The zero-order valence-electron chi connectivity index (χ0n) is 11.7. The van der Waals surface area contributed by atoms with Gasteiger partial charge in [0.1, 0.15) is 0 Å². The summed E-state index contributed by atoms with van der Waals surface area (Å²) >= 11 is 0. The molecule has 0 radical (unpaired) electrons. The van der Waals surface area contributed by atoms with Gasteiger partial charge in [-0.1, -0.05) is 13.8 Å². The highest BCUT2D eigenvalue weighted by Gasteiger charge is 2.24. The van der Waals surface area contributed by atoms with E-state index in [0.717, 1.165) is 30.3 Å². The number of hydrogen-bond acceptors (Lipinski definition) is 4. The van der Waals surface area contributed by atoms with E-state index < -0.39 is 0 Å². The number of aromatic nitrogens is 2. The number of anilines is 1. The van der Waals surface area contributed by atoms with E-state index in [2.05, 4.69) is 29.8 Å². The monoisotopic (exact) mass is 248 g/mol. The number of piperidine rings is 1. The summed E-state index contributed by atoms with van der Waals surface area (Å²) in [7, 11) is 0. The predicted molar refractivity (Wildman–Crippen MR) is 74.9 cm³/mol. The van der Waals surface area contributed by atoms with Gasteiger partial charge in [0.25, 0.3) is 0 Å². The number of hydrogen-bond donors (Lipinski definition) is 1. The van der Waals surface area contributed by atoms with Crippen molar-refractivity contribution in [3.05, 3.63) is 17.5 Å². The summed E-state index contributed by atoms with van der Waals surface area (Å²) in [4.78, 5) is 11.6. The second-order valence-corrected chi connectivity index (χ2v) is 5.47. The van der Waals surface area contributed by atoms with Crippen LogP contribution in [0.1, 0.15) is 50.4 Å². The molecule has 1 saturated heterocycles. The Hall–Kier alpha value is -1.16. The summed E-state index contributed by atoms with van der Waals surface area (Å²) in [6, 6.07) is 2.48. The average molecular weight is 248 g/mol. The average Bonchev–Trinajstić information content (AvgIpc) is 2.38. The van der Waals surface area contributed by atoms with Crippen LogP contribution in [0.25, 0.3) is 0 Å². The van der Waals surface area contributed by atoms with Crippen molar-refractivity contribution in [2.45, 2.75) is 52.0 Å². The third kappa shape index (κ3) is 2.80. The summed E-state index contributed by atoms with van der Waals surface area (Å²) < 4.78 is 0. The van der Waals surface area contributed by atoms with E-state index in [-0.39, 0.29) is 0 Å². The molecule has 1 fully saturated rings. The van der Waals surface area contributed by atoms with Gasteiger partial charge < -0.3 is 10.6 Å². The van der Waals surface area contributed by atoms with Crippen molar-refractivity contribution in [3.63, 3.8) is 0 Å². The van der Waals surface area contributed by atoms with Gasteiger partial charge in [0.05, 0.1) is 0 Å². The normalized spacial score (nSPS) is 20.5. The molecule has 0 bridgehead atoms. The Balaban J connectivity index is 2.30. The first-order valence-electron chi connectivity index (χ1n) is 6.94. The quantitative estimate of drug-likeness (QED) is 0.891. The molecular formula is C14H24N4. The van der Waals surface area contributed by atoms with Crippen LogP contribution in [-0.2, 0) is 0 Å². The van der Waals surface area contributed by atoms with Gasteiger partial charge in [-0.05, 0) is 38.2 Å². The molecule has 0 aliphatic carbocycles. The standard InChI is InChI=1S/C14H24N4/c1-10(2)13-8-11(3)16-14(17-13)18-7-5-4-6-12(18)9-15/h8,10,12H,4-7,9,15H2,1-3H3. The molecule has 0 amide bonds. The maximum Gasteiger partial charge on any atom is 0.226 e. The van der Waals surface area contributed by atoms with Crippen LogP contribution in [0.4, 0.5) is 5.95 Å². The SMILES string of the molecule is Cc1cc(C(C)C)nc(N2CCCCC2CN)n1. The summed E-state index contributed by atoms with van der Waals surface area (Å²) in [5.74, 6) is 1.31. The molecule has 4 heteroatoms. The first kappa shape index (κ1) is 13.3. The molecule has 1 atom stereocenters. The van der Waals surface area contributed by atoms with Crippen molar-refractivity contribution in [2.75, 3.05) is 18.0 Å². The van der Waals surface area contributed by atoms with Crippen LogP contribution in [0.3, 0.4) is 0 Å².